The van der Waals surface area contributed by atoms with Crippen LogP contribution in [0.2, 0.25) is 0 Å². The van der Waals surface area contributed by atoms with Gasteiger partial charge in [0.15, 0.2) is 6.10 Å². The second-order valence-electron chi connectivity index (χ2n) is 22.7. The van der Waals surface area contributed by atoms with E-state index in [0.29, 0.717) is 19.3 Å². The molecule has 0 aromatic carbocycles. The number of carbonyl (C=O) groups is 3. The SMILES string of the molecule is CC/C=C\C/C=C\C/C=C\C/C=C\C/C=C\C/C=C\CCCCCCC(=O)OCC(COC(=O)CCCCCCCCCCC/C=C\CCCCCCCCCC)OC(=O)CCCCCCCCCC/C=C\C/C=C\C/C=C\C/C=C\CC. The molecule has 0 radical (unpaired) electrons. The lowest BCUT2D eigenvalue weighted by Crippen LogP contribution is -2.30. The molecule has 0 aromatic rings. The van der Waals surface area contributed by atoms with Crippen molar-refractivity contribution in [3.63, 3.8) is 0 Å². The minimum Gasteiger partial charge on any atom is -0.462 e. The second-order valence-corrected chi connectivity index (χ2v) is 22.7. The second kappa shape index (κ2) is 70.0. The monoisotopic (exact) mass is 1150 g/mol. The number of hydrogen-bond donors (Lipinski definition) is 0. The Kier molecular flexibility index (Phi) is 66.3. The van der Waals surface area contributed by atoms with Gasteiger partial charge in [0.05, 0.1) is 0 Å². The number of ether oxygens (including phenoxy) is 3. The summed E-state index contributed by atoms with van der Waals surface area (Å²) >= 11 is 0. The Labute approximate surface area is 513 Å². The minimum absolute atomic E-state index is 0.0935. The van der Waals surface area contributed by atoms with Gasteiger partial charge in [0, 0.05) is 19.3 Å². The number of allylic oxidation sites excluding steroid dienone is 22. The predicted octanol–water partition coefficient (Wildman–Crippen LogP) is 24.1. The van der Waals surface area contributed by atoms with Gasteiger partial charge < -0.3 is 14.2 Å². The highest BCUT2D eigenvalue weighted by molar-refractivity contribution is 5.71. The molecule has 83 heavy (non-hydrogen) atoms. The van der Waals surface area contributed by atoms with Crippen molar-refractivity contribution in [3.05, 3.63) is 134 Å². The van der Waals surface area contributed by atoms with Crippen LogP contribution in [-0.2, 0) is 28.6 Å². The molecule has 472 valence electrons. The number of esters is 3. The van der Waals surface area contributed by atoms with Crippen molar-refractivity contribution in [2.24, 2.45) is 0 Å². The van der Waals surface area contributed by atoms with E-state index in [0.717, 1.165) is 141 Å². The van der Waals surface area contributed by atoms with E-state index in [1.54, 1.807) is 0 Å². The van der Waals surface area contributed by atoms with Crippen LogP contribution in [0.5, 0.6) is 0 Å². The van der Waals surface area contributed by atoms with Gasteiger partial charge in [-0.1, -0.05) is 296 Å². The summed E-state index contributed by atoms with van der Waals surface area (Å²) in [5.41, 5.74) is 0. The molecule has 0 amide bonds. The Morgan fingerprint density at radius 2 is 0.470 bits per heavy atom. The molecule has 0 N–H and O–H groups in total. The molecule has 1 unspecified atom stereocenters. The van der Waals surface area contributed by atoms with Crippen molar-refractivity contribution < 1.29 is 28.6 Å². The van der Waals surface area contributed by atoms with Crippen LogP contribution < -0.4 is 0 Å². The molecule has 0 aliphatic rings. The normalized spacial score (nSPS) is 13.0. The van der Waals surface area contributed by atoms with Crippen LogP contribution in [0, 0.1) is 0 Å². The van der Waals surface area contributed by atoms with E-state index in [-0.39, 0.29) is 31.1 Å². The smallest absolute Gasteiger partial charge is 0.306 e. The third kappa shape index (κ3) is 68.2. The third-order valence-electron chi connectivity index (χ3n) is 14.6. The molecule has 0 fully saturated rings. The molecular formula is C77H128O6. The highest BCUT2D eigenvalue weighted by atomic mass is 16.6. The van der Waals surface area contributed by atoms with Gasteiger partial charge in [-0.15, -0.1) is 0 Å². The van der Waals surface area contributed by atoms with E-state index in [4.69, 9.17) is 14.2 Å². The molecule has 0 aromatic heterocycles. The van der Waals surface area contributed by atoms with Crippen LogP contribution in [0.1, 0.15) is 316 Å². The van der Waals surface area contributed by atoms with Gasteiger partial charge in [-0.3, -0.25) is 14.4 Å². The molecule has 0 heterocycles. The maximum absolute atomic E-state index is 13.0. The van der Waals surface area contributed by atoms with Crippen molar-refractivity contribution in [1.29, 1.82) is 0 Å². The Morgan fingerprint density at radius 1 is 0.253 bits per heavy atom. The topological polar surface area (TPSA) is 78.9 Å². The first-order valence-electron chi connectivity index (χ1n) is 34.7. The summed E-state index contributed by atoms with van der Waals surface area (Å²) in [7, 11) is 0. The average Bonchev–Trinajstić information content (AvgIpc) is 3.49. The van der Waals surface area contributed by atoms with Gasteiger partial charge in [0.2, 0.25) is 0 Å². The Morgan fingerprint density at radius 3 is 0.747 bits per heavy atom. The van der Waals surface area contributed by atoms with Crippen molar-refractivity contribution >= 4 is 17.9 Å². The first kappa shape index (κ1) is 78.5. The first-order chi connectivity index (χ1) is 41.0. The summed E-state index contributed by atoms with van der Waals surface area (Å²) in [5, 5.41) is 0. The Bertz CT molecular complexity index is 1750. The maximum atomic E-state index is 13.0. The summed E-state index contributed by atoms with van der Waals surface area (Å²) in [6.07, 6.45) is 98.9. The highest BCUT2D eigenvalue weighted by Gasteiger charge is 2.19. The summed E-state index contributed by atoms with van der Waals surface area (Å²) in [6.45, 7) is 6.41. The van der Waals surface area contributed by atoms with Gasteiger partial charge in [-0.05, 0) is 135 Å². The lowest BCUT2D eigenvalue weighted by molar-refractivity contribution is -0.167. The minimum atomic E-state index is -0.802. The van der Waals surface area contributed by atoms with E-state index in [9.17, 15) is 14.4 Å². The third-order valence-corrected chi connectivity index (χ3v) is 14.6. The highest BCUT2D eigenvalue weighted by Crippen LogP contribution is 2.16. The van der Waals surface area contributed by atoms with Gasteiger partial charge >= 0.3 is 17.9 Å². The summed E-state index contributed by atoms with van der Waals surface area (Å²) in [6, 6.07) is 0. The molecule has 0 rings (SSSR count). The van der Waals surface area contributed by atoms with Gasteiger partial charge in [-0.25, -0.2) is 0 Å². The number of hydrogen-bond acceptors (Lipinski definition) is 6. The van der Waals surface area contributed by atoms with E-state index in [2.05, 4.69) is 154 Å². The van der Waals surface area contributed by atoms with Crippen LogP contribution >= 0.6 is 0 Å². The zero-order valence-electron chi connectivity index (χ0n) is 54.2. The Balaban J connectivity index is 4.47. The lowest BCUT2D eigenvalue weighted by Gasteiger charge is -2.18. The molecule has 1 atom stereocenters. The van der Waals surface area contributed by atoms with Crippen LogP contribution in [0.15, 0.2) is 134 Å². The van der Waals surface area contributed by atoms with Crippen molar-refractivity contribution in [2.75, 3.05) is 13.2 Å². The average molecular weight is 1150 g/mol. The number of rotatable bonds is 62. The van der Waals surface area contributed by atoms with Crippen molar-refractivity contribution in [2.45, 2.75) is 322 Å². The standard InChI is InChI=1S/C77H128O6/c1-4-7-10-13-16-19-22-25-28-31-34-37-38-41-43-46-49-52-55-58-61-64-67-70-76(79)82-73-74(83-77(80)71-68-65-62-59-56-53-50-47-44-40-36-33-30-27-24-21-18-15-12-9-6-3)72-81-75(78)69-66-63-60-57-54-51-48-45-42-39-35-32-29-26-23-20-17-14-11-8-5-2/h7,9-10,12,16,18-19,21,25,27-28,30,32,34-37,40-41,43,49,52,74H,4-6,8,11,13-15,17,20,22-24,26,29,31,33,38-39,42,44-48,50-51,53-73H2,1-3H3/b10-7-,12-9-,19-16-,21-18-,28-25-,30-27-,35-32-,37-34-,40-36-,43-41-,52-49-. The summed E-state index contributed by atoms with van der Waals surface area (Å²) in [5.74, 6) is -0.921. The molecule has 0 bridgehead atoms. The summed E-state index contributed by atoms with van der Waals surface area (Å²) < 4.78 is 17.0. The van der Waals surface area contributed by atoms with E-state index < -0.39 is 6.10 Å². The largest absolute Gasteiger partial charge is 0.462 e. The van der Waals surface area contributed by atoms with Gasteiger partial charge in [-0.2, -0.15) is 0 Å². The van der Waals surface area contributed by atoms with E-state index in [1.165, 1.54) is 135 Å². The number of carbonyl (C=O) groups excluding carboxylic acids is 3. The van der Waals surface area contributed by atoms with Crippen LogP contribution in [0.3, 0.4) is 0 Å². The molecule has 0 spiro atoms. The molecule has 0 saturated heterocycles. The predicted molar refractivity (Wildman–Crippen MR) is 362 cm³/mol. The first-order valence-corrected chi connectivity index (χ1v) is 34.7. The number of unbranched alkanes of at least 4 members (excludes halogenated alkanes) is 29. The molecule has 0 aliphatic heterocycles. The molecule has 6 heteroatoms. The molecule has 0 saturated carbocycles. The van der Waals surface area contributed by atoms with Crippen LogP contribution in [0.4, 0.5) is 0 Å². The van der Waals surface area contributed by atoms with Gasteiger partial charge in [0.1, 0.15) is 13.2 Å². The zero-order valence-corrected chi connectivity index (χ0v) is 54.2. The quantitative estimate of drug-likeness (QED) is 0.0261. The van der Waals surface area contributed by atoms with Crippen LogP contribution in [-0.4, -0.2) is 37.2 Å². The van der Waals surface area contributed by atoms with Crippen molar-refractivity contribution in [3.8, 4) is 0 Å². The summed E-state index contributed by atoms with van der Waals surface area (Å²) in [4.78, 5) is 38.5. The van der Waals surface area contributed by atoms with E-state index in [1.807, 2.05) is 0 Å². The maximum Gasteiger partial charge on any atom is 0.306 e. The lowest BCUT2D eigenvalue weighted by atomic mass is 10.1. The molecule has 6 nitrogen and oxygen atoms in total. The fourth-order valence-electron chi connectivity index (χ4n) is 9.49. The fraction of sp³-hybridized carbons (Fsp3) is 0.675. The van der Waals surface area contributed by atoms with Crippen molar-refractivity contribution in [1.82, 2.24) is 0 Å². The Hall–Kier alpha value is -4.45. The molecule has 0 aliphatic carbocycles. The van der Waals surface area contributed by atoms with Crippen LogP contribution in [0.25, 0.3) is 0 Å². The van der Waals surface area contributed by atoms with Gasteiger partial charge in [0.25, 0.3) is 0 Å². The zero-order chi connectivity index (χ0) is 59.9. The molecular weight excluding hydrogens is 1020 g/mol. The fourth-order valence-corrected chi connectivity index (χ4v) is 9.49. The van der Waals surface area contributed by atoms with E-state index >= 15 is 0 Å².